The lowest BCUT2D eigenvalue weighted by atomic mass is 10.1. The average molecular weight is 376 g/mol. The molecule has 1 unspecified atom stereocenters. The molecule has 2 rings (SSSR count). The quantitative estimate of drug-likeness (QED) is 0.801. The number of hydrogen-bond donors (Lipinski definition) is 2. The minimum Gasteiger partial charge on any atom is -0.439 e. The van der Waals surface area contributed by atoms with Gasteiger partial charge in [-0.2, -0.15) is 0 Å². The van der Waals surface area contributed by atoms with Crippen molar-refractivity contribution in [2.75, 3.05) is 5.32 Å². The molecule has 1 heterocycles. The lowest BCUT2D eigenvalue weighted by Crippen LogP contribution is -2.35. The van der Waals surface area contributed by atoms with Crippen LogP contribution in [0.2, 0.25) is 0 Å². The first kappa shape index (κ1) is 22.1. The molecule has 1 atom stereocenters. The molecule has 1 aromatic heterocycles. The Labute approximate surface area is 152 Å². The first-order valence-corrected chi connectivity index (χ1v) is 7.04. The molecule has 132 valence electrons. The number of aromatic nitrogens is 1. The summed E-state index contributed by atoms with van der Waals surface area (Å²) in [6, 6.07) is 8.39. The molecule has 3 N–H and O–H groups in total. The number of halogens is 3. The average Bonchev–Trinajstić information content (AvgIpc) is 2.51. The van der Waals surface area contributed by atoms with Crippen molar-refractivity contribution in [2.24, 2.45) is 5.73 Å². The number of pyridine rings is 1. The Kier molecular flexibility index (Phi) is 9.95. The van der Waals surface area contributed by atoms with Crippen molar-refractivity contribution < 1.29 is 13.9 Å². The van der Waals surface area contributed by atoms with E-state index in [9.17, 15) is 9.18 Å². The van der Waals surface area contributed by atoms with E-state index in [1.807, 2.05) is 6.92 Å². The van der Waals surface area contributed by atoms with Crippen LogP contribution < -0.4 is 15.8 Å². The first-order valence-electron chi connectivity index (χ1n) is 7.04. The van der Waals surface area contributed by atoms with E-state index < -0.39 is 6.04 Å². The smallest absolute Gasteiger partial charge is 0.241 e. The van der Waals surface area contributed by atoms with Crippen molar-refractivity contribution in [3.05, 3.63) is 48.4 Å². The zero-order valence-corrected chi connectivity index (χ0v) is 14.7. The van der Waals surface area contributed by atoms with E-state index in [1.165, 1.54) is 30.5 Å². The number of nitrogens with two attached hydrogens (primary N) is 1. The second-order valence-electron chi connectivity index (χ2n) is 4.83. The maximum atomic E-state index is 12.8. The normalized spacial score (nSPS) is 10.8. The Morgan fingerprint density at radius 1 is 1.25 bits per heavy atom. The maximum absolute atomic E-state index is 12.8. The van der Waals surface area contributed by atoms with E-state index in [0.717, 1.165) is 6.42 Å². The van der Waals surface area contributed by atoms with Gasteiger partial charge in [-0.15, -0.1) is 24.8 Å². The third kappa shape index (κ3) is 6.70. The summed E-state index contributed by atoms with van der Waals surface area (Å²) >= 11 is 0. The standard InChI is InChI=1S/C16H18FN3O2.2ClH/c1-2-3-14(18)16(21)20-12-6-9-15(19-10-12)22-13-7-4-11(17)5-8-13;;/h4-10,14H,2-3,18H2,1H3,(H,20,21);2*1H. The summed E-state index contributed by atoms with van der Waals surface area (Å²) in [6.07, 6.45) is 2.96. The number of amides is 1. The highest BCUT2D eigenvalue weighted by Gasteiger charge is 2.12. The van der Waals surface area contributed by atoms with Gasteiger partial charge in [0.1, 0.15) is 11.6 Å². The van der Waals surface area contributed by atoms with Gasteiger partial charge in [-0.3, -0.25) is 4.79 Å². The van der Waals surface area contributed by atoms with E-state index in [2.05, 4.69) is 10.3 Å². The van der Waals surface area contributed by atoms with Crippen LogP contribution in [0.1, 0.15) is 19.8 Å². The Morgan fingerprint density at radius 2 is 1.92 bits per heavy atom. The van der Waals surface area contributed by atoms with Crippen molar-refractivity contribution in [1.29, 1.82) is 0 Å². The van der Waals surface area contributed by atoms with E-state index in [-0.39, 0.29) is 36.5 Å². The van der Waals surface area contributed by atoms with Crippen LogP contribution in [0.3, 0.4) is 0 Å². The zero-order valence-electron chi connectivity index (χ0n) is 13.1. The molecule has 0 spiro atoms. The Bertz CT molecular complexity index is 624. The SMILES string of the molecule is CCCC(N)C(=O)Nc1ccc(Oc2ccc(F)cc2)nc1.Cl.Cl. The van der Waals surface area contributed by atoms with Crippen molar-refractivity contribution >= 4 is 36.4 Å². The number of benzene rings is 1. The number of anilines is 1. The molecule has 8 heteroatoms. The molecule has 1 aromatic carbocycles. The fraction of sp³-hybridized carbons (Fsp3) is 0.250. The van der Waals surface area contributed by atoms with Crippen molar-refractivity contribution in [1.82, 2.24) is 4.98 Å². The van der Waals surface area contributed by atoms with E-state index in [0.29, 0.717) is 23.7 Å². The lowest BCUT2D eigenvalue weighted by molar-refractivity contribution is -0.117. The highest BCUT2D eigenvalue weighted by molar-refractivity contribution is 5.94. The van der Waals surface area contributed by atoms with Crippen LogP contribution in [0.5, 0.6) is 11.6 Å². The van der Waals surface area contributed by atoms with Gasteiger partial charge < -0.3 is 15.8 Å². The molecule has 1 amide bonds. The molecular formula is C16H20Cl2FN3O2. The summed E-state index contributed by atoms with van der Waals surface area (Å²) in [5.41, 5.74) is 6.28. The first-order chi connectivity index (χ1) is 10.6. The van der Waals surface area contributed by atoms with Crippen LogP contribution in [0, 0.1) is 5.82 Å². The van der Waals surface area contributed by atoms with Crippen LogP contribution in [-0.4, -0.2) is 16.9 Å². The van der Waals surface area contributed by atoms with Crippen molar-refractivity contribution in [2.45, 2.75) is 25.8 Å². The van der Waals surface area contributed by atoms with Gasteiger partial charge in [-0.25, -0.2) is 9.37 Å². The Morgan fingerprint density at radius 3 is 2.46 bits per heavy atom. The molecule has 0 aliphatic heterocycles. The molecule has 5 nitrogen and oxygen atoms in total. The zero-order chi connectivity index (χ0) is 15.9. The van der Waals surface area contributed by atoms with E-state index >= 15 is 0 Å². The monoisotopic (exact) mass is 375 g/mol. The molecular weight excluding hydrogens is 356 g/mol. The minimum absolute atomic E-state index is 0. The highest BCUT2D eigenvalue weighted by Crippen LogP contribution is 2.20. The van der Waals surface area contributed by atoms with Gasteiger partial charge in [0.2, 0.25) is 11.8 Å². The predicted molar refractivity (Wildman–Crippen MR) is 96.7 cm³/mol. The molecule has 0 saturated heterocycles. The van der Waals surface area contributed by atoms with Crippen LogP contribution in [0.15, 0.2) is 42.6 Å². The van der Waals surface area contributed by atoms with Gasteiger partial charge in [0.05, 0.1) is 17.9 Å². The topological polar surface area (TPSA) is 77.2 Å². The number of ether oxygens (including phenoxy) is 1. The molecule has 2 aromatic rings. The summed E-state index contributed by atoms with van der Waals surface area (Å²) in [5.74, 6) is 0.260. The van der Waals surface area contributed by atoms with Crippen LogP contribution in [0.4, 0.5) is 10.1 Å². The number of nitrogens with zero attached hydrogens (tertiary/aromatic N) is 1. The largest absolute Gasteiger partial charge is 0.439 e. The van der Waals surface area contributed by atoms with E-state index in [1.54, 1.807) is 12.1 Å². The van der Waals surface area contributed by atoms with Gasteiger partial charge in [0, 0.05) is 6.07 Å². The lowest BCUT2D eigenvalue weighted by Gasteiger charge is -2.11. The third-order valence-corrected chi connectivity index (χ3v) is 2.98. The van der Waals surface area contributed by atoms with Gasteiger partial charge in [-0.1, -0.05) is 13.3 Å². The Hall–Kier alpha value is -1.89. The highest BCUT2D eigenvalue weighted by atomic mass is 35.5. The number of rotatable bonds is 6. The van der Waals surface area contributed by atoms with Crippen molar-refractivity contribution in [3.63, 3.8) is 0 Å². The molecule has 0 bridgehead atoms. The number of carbonyl (C=O) groups is 1. The predicted octanol–water partition coefficient (Wildman–Crippen LogP) is 3.92. The maximum Gasteiger partial charge on any atom is 0.241 e. The van der Waals surface area contributed by atoms with Gasteiger partial charge in [0.15, 0.2) is 0 Å². The summed E-state index contributed by atoms with van der Waals surface area (Å²) in [7, 11) is 0. The molecule has 0 saturated carbocycles. The van der Waals surface area contributed by atoms with Crippen LogP contribution in [0.25, 0.3) is 0 Å². The van der Waals surface area contributed by atoms with Crippen molar-refractivity contribution in [3.8, 4) is 11.6 Å². The number of nitrogens with one attached hydrogen (secondary N) is 1. The summed E-state index contributed by atoms with van der Waals surface area (Å²) in [6.45, 7) is 1.97. The van der Waals surface area contributed by atoms with Crippen LogP contribution >= 0.6 is 24.8 Å². The minimum atomic E-state index is -0.528. The van der Waals surface area contributed by atoms with E-state index in [4.69, 9.17) is 10.5 Å². The van der Waals surface area contributed by atoms with Gasteiger partial charge in [-0.05, 0) is 36.8 Å². The molecule has 0 aliphatic rings. The molecule has 0 fully saturated rings. The second kappa shape index (κ2) is 10.8. The summed E-state index contributed by atoms with van der Waals surface area (Å²) in [4.78, 5) is 15.9. The van der Waals surface area contributed by atoms with Crippen LogP contribution in [-0.2, 0) is 4.79 Å². The fourth-order valence-electron chi connectivity index (χ4n) is 1.82. The molecule has 0 aliphatic carbocycles. The Balaban J connectivity index is 0.00000264. The summed E-state index contributed by atoms with van der Waals surface area (Å²) in [5, 5.41) is 2.69. The third-order valence-electron chi connectivity index (χ3n) is 2.98. The van der Waals surface area contributed by atoms with Gasteiger partial charge >= 0.3 is 0 Å². The molecule has 0 radical (unpaired) electrons. The fourth-order valence-corrected chi connectivity index (χ4v) is 1.82. The molecule has 24 heavy (non-hydrogen) atoms. The number of carbonyl (C=O) groups excluding carboxylic acids is 1. The number of hydrogen-bond acceptors (Lipinski definition) is 4. The second-order valence-corrected chi connectivity index (χ2v) is 4.83. The van der Waals surface area contributed by atoms with Gasteiger partial charge in [0.25, 0.3) is 0 Å². The summed E-state index contributed by atoms with van der Waals surface area (Å²) < 4.78 is 18.3.